The van der Waals surface area contributed by atoms with Crippen LogP contribution in [0.4, 0.5) is 4.39 Å². The molecular weight excluding hydrogens is 403 g/mol. The Bertz CT molecular complexity index is 873. The first-order valence-electron chi connectivity index (χ1n) is 10.5. The quantitative estimate of drug-likeness (QED) is 0.721. The van der Waals surface area contributed by atoms with Gasteiger partial charge in [0, 0.05) is 38.8 Å². The van der Waals surface area contributed by atoms with E-state index in [1.807, 2.05) is 24.3 Å². The summed E-state index contributed by atoms with van der Waals surface area (Å²) in [6, 6.07) is 13.5. The van der Waals surface area contributed by atoms with Crippen LogP contribution in [0.2, 0.25) is 0 Å². The zero-order chi connectivity index (χ0) is 21.6. The molecule has 2 heterocycles. The van der Waals surface area contributed by atoms with Crippen LogP contribution in [0.3, 0.4) is 0 Å². The molecule has 2 atom stereocenters. The fraction of sp³-hybridized carbons (Fsp3) is 0.435. The summed E-state index contributed by atoms with van der Waals surface area (Å²) in [7, 11) is 0. The standard InChI is InChI=1S/C23H27FN2O5/c24-18-2-1-3-20(12-18)31-22-15-25(14-21(22)27)13-17-4-6-19(7-5-17)30-16-23(28)26-8-10-29-11-9-26/h1-7,12,21-22,27H,8-11,13-16H2/t21-,22-/m1/s1. The minimum absolute atomic E-state index is 0.0107. The smallest absolute Gasteiger partial charge is 0.260 e. The first-order chi connectivity index (χ1) is 15.1. The van der Waals surface area contributed by atoms with Crippen LogP contribution in [0, 0.1) is 5.82 Å². The molecule has 7 nitrogen and oxygen atoms in total. The van der Waals surface area contributed by atoms with Gasteiger partial charge in [-0.1, -0.05) is 18.2 Å². The van der Waals surface area contributed by atoms with Crippen LogP contribution in [0.1, 0.15) is 5.56 Å². The Morgan fingerprint density at radius 2 is 1.87 bits per heavy atom. The van der Waals surface area contributed by atoms with Crippen LogP contribution in [0.5, 0.6) is 11.5 Å². The third kappa shape index (κ3) is 5.94. The van der Waals surface area contributed by atoms with Gasteiger partial charge in [0.15, 0.2) is 6.61 Å². The Morgan fingerprint density at radius 1 is 1.10 bits per heavy atom. The van der Waals surface area contributed by atoms with Crippen LogP contribution >= 0.6 is 0 Å². The lowest BCUT2D eigenvalue weighted by molar-refractivity contribution is -0.137. The number of rotatable bonds is 7. The van der Waals surface area contributed by atoms with Crippen molar-refractivity contribution < 1.29 is 28.5 Å². The molecule has 0 spiro atoms. The number of nitrogens with zero attached hydrogens (tertiary/aromatic N) is 2. The summed E-state index contributed by atoms with van der Waals surface area (Å²) >= 11 is 0. The van der Waals surface area contributed by atoms with E-state index in [0.29, 0.717) is 57.4 Å². The molecule has 2 fully saturated rings. The van der Waals surface area contributed by atoms with Crippen molar-refractivity contribution in [1.82, 2.24) is 9.80 Å². The van der Waals surface area contributed by atoms with Crippen molar-refractivity contribution in [2.45, 2.75) is 18.8 Å². The first-order valence-corrected chi connectivity index (χ1v) is 10.5. The van der Waals surface area contributed by atoms with E-state index in [2.05, 4.69) is 4.90 Å². The number of amides is 1. The average Bonchev–Trinajstić information content (AvgIpc) is 3.12. The summed E-state index contributed by atoms with van der Waals surface area (Å²) < 4.78 is 30.0. The second-order valence-electron chi connectivity index (χ2n) is 7.80. The molecule has 8 heteroatoms. The molecular formula is C23H27FN2O5. The predicted octanol–water partition coefficient (Wildman–Crippen LogP) is 1.69. The fourth-order valence-corrected chi connectivity index (χ4v) is 3.79. The van der Waals surface area contributed by atoms with Gasteiger partial charge in [-0.05, 0) is 29.8 Å². The van der Waals surface area contributed by atoms with Crippen LogP contribution < -0.4 is 9.47 Å². The molecule has 0 saturated carbocycles. The van der Waals surface area contributed by atoms with E-state index >= 15 is 0 Å². The number of carbonyl (C=O) groups excluding carboxylic acids is 1. The van der Waals surface area contributed by atoms with Crippen LogP contribution in [-0.4, -0.2) is 79.0 Å². The number of hydrogen-bond acceptors (Lipinski definition) is 6. The van der Waals surface area contributed by atoms with E-state index in [1.54, 1.807) is 17.0 Å². The highest BCUT2D eigenvalue weighted by Crippen LogP contribution is 2.22. The Kier molecular flexibility index (Phi) is 7.01. The second kappa shape index (κ2) is 10.1. The van der Waals surface area contributed by atoms with Gasteiger partial charge in [-0.3, -0.25) is 9.69 Å². The molecule has 2 saturated heterocycles. The molecule has 31 heavy (non-hydrogen) atoms. The summed E-state index contributed by atoms with van der Waals surface area (Å²) in [6.07, 6.45) is -1.05. The second-order valence-corrected chi connectivity index (χ2v) is 7.80. The summed E-state index contributed by atoms with van der Waals surface area (Å²) in [5, 5.41) is 10.3. The van der Waals surface area contributed by atoms with Gasteiger partial charge in [-0.25, -0.2) is 4.39 Å². The van der Waals surface area contributed by atoms with Gasteiger partial charge in [0.25, 0.3) is 5.91 Å². The highest BCUT2D eigenvalue weighted by Gasteiger charge is 2.33. The number of morpholine rings is 1. The number of aliphatic hydroxyl groups is 1. The monoisotopic (exact) mass is 430 g/mol. The molecule has 1 amide bonds. The largest absolute Gasteiger partial charge is 0.486 e. The van der Waals surface area contributed by atoms with Crippen molar-refractivity contribution in [3.05, 3.63) is 59.9 Å². The maximum atomic E-state index is 13.3. The van der Waals surface area contributed by atoms with E-state index in [-0.39, 0.29) is 18.3 Å². The number of β-amino-alcohol motifs (C(OH)–C–C–N with tert-alkyl or cyclic N) is 1. The third-order valence-corrected chi connectivity index (χ3v) is 5.45. The highest BCUT2D eigenvalue weighted by atomic mass is 19.1. The molecule has 0 aromatic heterocycles. The van der Waals surface area contributed by atoms with Crippen molar-refractivity contribution in [1.29, 1.82) is 0 Å². The zero-order valence-electron chi connectivity index (χ0n) is 17.3. The first kappa shape index (κ1) is 21.5. The van der Waals surface area contributed by atoms with Gasteiger partial charge in [0.2, 0.25) is 0 Å². The topological polar surface area (TPSA) is 71.5 Å². The molecule has 166 valence electrons. The minimum atomic E-state index is -0.642. The SMILES string of the molecule is O=C(COc1ccc(CN2C[C@@H](O)[C@H](Oc3cccc(F)c3)C2)cc1)N1CCOCC1. The lowest BCUT2D eigenvalue weighted by Crippen LogP contribution is -2.42. The van der Waals surface area contributed by atoms with Crippen molar-refractivity contribution in [2.24, 2.45) is 0 Å². The Labute approximate surface area is 180 Å². The maximum Gasteiger partial charge on any atom is 0.260 e. The maximum absolute atomic E-state index is 13.3. The van der Waals surface area contributed by atoms with Crippen molar-refractivity contribution in [3.8, 4) is 11.5 Å². The molecule has 2 aromatic carbocycles. The van der Waals surface area contributed by atoms with Crippen molar-refractivity contribution >= 4 is 5.91 Å². The highest BCUT2D eigenvalue weighted by molar-refractivity contribution is 5.77. The summed E-state index contributed by atoms with van der Waals surface area (Å²) in [4.78, 5) is 16.0. The lowest BCUT2D eigenvalue weighted by atomic mass is 10.2. The molecule has 2 aromatic rings. The van der Waals surface area contributed by atoms with Gasteiger partial charge < -0.3 is 24.2 Å². The number of carbonyl (C=O) groups is 1. The molecule has 2 aliphatic heterocycles. The minimum Gasteiger partial charge on any atom is -0.486 e. The Morgan fingerprint density at radius 3 is 2.61 bits per heavy atom. The molecule has 4 rings (SSSR count). The fourth-order valence-electron chi connectivity index (χ4n) is 3.79. The number of aliphatic hydroxyl groups excluding tert-OH is 1. The predicted molar refractivity (Wildman–Crippen MR) is 111 cm³/mol. The van der Waals surface area contributed by atoms with Gasteiger partial charge in [0.05, 0.1) is 13.2 Å². The average molecular weight is 430 g/mol. The van der Waals surface area contributed by atoms with E-state index in [0.717, 1.165) is 5.56 Å². The Hall–Kier alpha value is -2.68. The van der Waals surface area contributed by atoms with Crippen LogP contribution in [0.25, 0.3) is 0 Å². The number of benzene rings is 2. The van der Waals surface area contributed by atoms with Gasteiger partial charge in [-0.15, -0.1) is 0 Å². The van der Waals surface area contributed by atoms with E-state index in [4.69, 9.17) is 14.2 Å². The summed E-state index contributed by atoms with van der Waals surface area (Å²) in [5.41, 5.74) is 1.06. The number of ether oxygens (including phenoxy) is 3. The molecule has 1 N–H and O–H groups in total. The third-order valence-electron chi connectivity index (χ3n) is 5.45. The van der Waals surface area contributed by atoms with E-state index in [9.17, 15) is 14.3 Å². The van der Waals surface area contributed by atoms with Gasteiger partial charge in [0.1, 0.15) is 29.5 Å². The number of halogens is 1. The van der Waals surface area contributed by atoms with Crippen molar-refractivity contribution in [2.75, 3.05) is 46.0 Å². The Balaban J connectivity index is 1.24. The number of likely N-dealkylation sites (tertiary alicyclic amines) is 1. The molecule has 0 bridgehead atoms. The van der Waals surface area contributed by atoms with Crippen LogP contribution in [0.15, 0.2) is 48.5 Å². The molecule has 0 unspecified atom stereocenters. The lowest BCUT2D eigenvalue weighted by Gasteiger charge is -2.26. The van der Waals surface area contributed by atoms with Crippen molar-refractivity contribution in [3.63, 3.8) is 0 Å². The molecule has 0 aliphatic carbocycles. The summed E-state index contributed by atoms with van der Waals surface area (Å²) in [6.45, 7) is 4.03. The molecule has 2 aliphatic rings. The van der Waals surface area contributed by atoms with E-state index in [1.165, 1.54) is 12.1 Å². The van der Waals surface area contributed by atoms with E-state index < -0.39 is 12.2 Å². The summed E-state index contributed by atoms with van der Waals surface area (Å²) in [5.74, 6) is 0.650. The van der Waals surface area contributed by atoms with Gasteiger partial charge in [-0.2, -0.15) is 0 Å². The number of hydrogen-bond donors (Lipinski definition) is 1. The zero-order valence-corrected chi connectivity index (χ0v) is 17.3. The normalized spacial score (nSPS) is 21.8. The van der Waals surface area contributed by atoms with Gasteiger partial charge >= 0.3 is 0 Å². The van der Waals surface area contributed by atoms with Crippen LogP contribution in [-0.2, 0) is 16.1 Å². The molecule has 0 radical (unpaired) electrons.